The number of Topliss-reactive ketones (excluding diaryl/α,β-unsaturated/α-hetero) is 1. The highest BCUT2D eigenvalue weighted by atomic mass is 16.5. The lowest BCUT2D eigenvalue weighted by atomic mass is 10.1. The van der Waals surface area contributed by atoms with E-state index in [1.807, 2.05) is 25.1 Å². The topological polar surface area (TPSA) is 94.1 Å². The van der Waals surface area contributed by atoms with E-state index in [9.17, 15) is 14.4 Å². The molecular weight excluding hydrogens is 382 g/mol. The first-order chi connectivity index (χ1) is 14.5. The predicted molar refractivity (Wildman–Crippen MR) is 114 cm³/mol. The largest absolute Gasteiger partial charge is 0.452 e. The van der Waals surface area contributed by atoms with Gasteiger partial charge in [-0.05, 0) is 25.0 Å². The molecule has 152 valence electrons. The standard InChI is InChI=1S/C23H21N3O4/c1-3-14-8-7-11-16-18(12-24-20(14)16)19(27)13-30-23(29)21-15-9-5-6-10-17(15)22(28)26(4-2)25-21/h5-12,24H,3-4,13H2,1-2H3. The predicted octanol–water partition coefficient (Wildman–Crippen LogP) is 3.50. The summed E-state index contributed by atoms with van der Waals surface area (Å²) in [6.45, 7) is 3.72. The maximum absolute atomic E-state index is 12.7. The molecule has 7 heteroatoms. The number of para-hydroxylation sites is 1. The quantitative estimate of drug-likeness (QED) is 0.393. The van der Waals surface area contributed by atoms with Gasteiger partial charge in [0, 0.05) is 34.6 Å². The molecule has 0 unspecified atom stereocenters. The van der Waals surface area contributed by atoms with Crippen molar-refractivity contribution in [1.82, 2.24) is 14.8 Å². The van der Waals surface area contributed by atoms with Gasteiger partial charge in [0.25, 0.3) is 5.56 Å². The van der Waals surface area contributed by atoms with Gasteiger partial charge in [0.05, 0.1) is 5.39 Å². The molecular formula is C23H21N3O4. The molecule has 0 atom stereocenters. The number of carbonyl (C=O) groups excluding carboxylic acids is 2. The SMILES string of the molecule is CCc1cccc2c(C(=O)COC(=O)c3nn(CC)c(=O)c4ccccc34)c[nH]c12. The van der Waals surface area contributed by atoms with Crippen molar-refractivity contribution in [3.8, 4) is 0 Å². The van der Waals surface area contributed by atoms with Crippen LogP contribution in [0.2, 0.25) is 0 Å². The van der Waals surface area contributed by atoms with E-state index in [-0.39, 0.29) is 17.0 Å². The summed E-state index contributed by atoms with van der Waals surface area (Å²) in [5.74, 6) is -1.05. The monoisotopic (exact) mass is 403 g/mol. The molecule has 2 heterocycles. The van der Waals surface area contributed by atoms with Crippen LogP contribution < -0.4 is 5.56 Å². The fourth-order valence-electron chi connectivity index (χ4n) is 3.62. The van der Waals surface area contributed by atoms with Gasteiger partial charge < -0.3 is 9.72 Å². The molecule has 4 rings (SSSR count). The summed E-state index contributed by atoms with van der Waals surface area (Å²) in [6.07, 6.45) is 2.48. The Balaban J connectivity index is 1.61. The Morgan fingerprint density at radius 3 is 2.50 bits per heavy atom. The van der Waals surface area contributed by atoms with Crippen LogP contribution in [0, 0.1) is 0 Å². The number of benzene rings is 2. The second-order valence-electron chi connectivity index (χ2n) is 6.91. The molecule has 0 spiro atoms. The third kappa shape index (κ3) is 3.28. The summed E-state index contributed by atoms with van der Waals surface area (Å²) in [5, 5.41) is 5.74. The molecule has 7 nitrogen and oxygen atoms in total. The van der Waals surface area contributed by atoms with E-state index in [1.54, 1.807) is 37.4 Å². The van der Waals surface area contributed by atoms with Gasteiger partial charge in [-0.1, -0.05) is 43.3 Å². The van der Waals surface area contributed by atoms with Crippen LogP contribution in [0.4, 0.5) is 0 Å². The van der Waals surface area contributed by atoms with Crippen LogP contribution in [0.25, 0.3) is 21.7 Å². The minimum Gasteiger partial charge on any atom is -0.452 e. The van der Waals surface area contributed by atoms with Crippen LogP contribution in [-0.2, 0) is 17.7 Å². The van der Waals surface area contributed by atoms with E-state index in [1.165, 1.54) is 4.68 Å². The molecule has 0 aliphatic carbocycles. The molecule has 2 aromatic carbocycles. The number of aryl methyl sites for hydroxylation is 2. The van der Waals surface area contributed by atoms with Gasteiger partial charge in [-0.2, -0.15) is 5.10 Å². The maximum Gasteiger partial charge on any atom is 0.359 e. The summed E-state index contributed by atoms with van der Waals surface area (Å²) < 4.78 is 6.50. The van der Waals surface area contributed by atoms with E-state index >= 15 is 0 Å². The Morgan fingerprint density at radius 1 is 1.03 bits per heavy atom. The lowest BCUT2D eigenvalue weighted by molar-refractivity contribution is 0.0469. The fraction of sp³-hybridized carbons (Fsp3) is 0.217. The summed E-state index contributed by atoms with van der Waals surface area (Å²) in [6, 6.07) is 12.5. The van der Waals surface area contributed by atoms with Gasteiger partial charge in [-0.15, -0.1) is 0 Å². The van der Waals surface area contributed by atoms with Gasteiger partial charge >= 0.3 is 5.97 Å². The number of hydrogen-bond acceptors (Lipinski definition) is 5. The van der Waals surface area contributed by atoms with Crippen molar-refractivity contribution in [1.29, 1.82) is 0 Å². The van der Waals surface area contributed by atoms with E-state index in [4.69, 9.17) is 4.74 Å². The minimum atomic E-state index is -0.740. The number of nitrogens with one attached hydrogen (secondary N) is 1. The average molecular weight is 403 g/mol. The first kappa shape index (κ1) is 19.6. The van der Waals surface area contributed by atoms with Crippen molar-refractivity contribution in [2.75, 3.05) is 6.61 Å². The molecule has 0 aliphatic heterocycles. The Hall–Kier alpha value is -3.74. The lowest BCUT2D eigenvalue weighted by Crippen LogP contribution is -2.26. The number of hydrogen-bond donors (Lipinski definition) is 1. The number of fused-ring (bicyclic) bond motifs is 2. The zero-order valence-electron chi connectivity index (χ0n) is 16.8. The van der Waals surface area contributed by atoms with E-state index in [0.717, 1.165) is 22.9 Å². The highest BCUT2D eigenvalue weighted by Gasteiger charge is 2.20. The number of nitrogens with zero attached hydrogens (tertiary/aromatic N) is 2. The second kappa shape index (κ2) is 7.94. The van der Waals surface area contributed by atoms with Gasteiger partial charge in [0.15, 0.2) is 12.3 Å². The van der Waals surface area contributed by atoms with Gasteiger partial charge in [0.1, 0.15) is 0 Å². The fourth-order valence-corrected chi connectivity index (χ4v) is 3.62. The molecule has 30 heavy (non-hydrogen) atoms. The van der Waals surface area contributed by atoms with Crippen molar-refractivity contribution in [3.63, 3.8) is 0 Å². The van der Waals surface area contributed by atoms with Gasteiger partial charge in [-0.3, -0.25) is 9.59 Å². The Labute approximate surface area is 172 Å². The molecule has 0 saturated heterocycles. The number of esters is 1. The number of aromatic amines is 1. The smallest absolute Gasteiger partial charge is 0.359 e. The number of rotatable bonds is 6. The van der Waals surface area contributed by atoms with Crippen molar-refractivity contribution in [3.05, 3.63) is 75.8 Å². The molecule has 4 aromatic rings. The number of ketones is 1. The van der Waals surface area contributed by atoms with Crippen molar-refractivity contribution >= 4 is 33.4 Å². The minimum absolute atomic E-state index is 0.0204. The molecule has 0 aliphatic rings. The van der Waals surface area contributed by atoms with Crippen LogP contribution in [0.3, 0.4) is 0 Å². The van der Waals surface area contributed by atoms with Crippen LogP contribution in [0.5, 0.6) is 0 Å². The highest BCUT2D eigenvalue weighted by molar-refractivity contribution is 6.10. The molecule has 0 radical (unpaired) electrons. The normalized spacial score (nSPS) is 11.1. The molecule has 0 amide bonds. The third-order valence-electron chi connectivity index (χ3n) is 5.18. The summed E-state index contributed by atoms with van der Waals surface area (Å²) in [4.78, 5) is 41.0. The Morgan fingerprint density at radius 2 is 1.77 bits per heavy atom. The van der Waals surface area contributed by atoms with Crippen molar-refractivity contribution in [2.45, 2.75) is 26.8 Å². The van der Waals surface area contributed by atoms with Gasteiger partial charge in [0.2, 0.25) is 5.78 Å². The zero-order chi connectivity index (χ0) is 21.3. The Bertz CT molecular complexity index is 1330. The van der Waals surface area contributed by atoms with Crippen molar-refractivity contribution < 1.29 is 14.3 Å². The first-order valence-corrected chi connectivity index (χ1v) is 9.84. The van der Waals surface area contributed by atoms with E-state index < -0.39 is 12.6 Å². The Kier molecular flexibility index (Phi) is 5.18. The number of ether oxygens (including phenoxy) is 1. The zero-order valence-corrected chi connectivity index (χ0v) is 16.8. The third-order valence-corrected chi connectivity index (χ3v) is 5.18. The summed E-state index contributed by atoms with van der Waals surface area (Å²) in [7, 11) is 0. The molecule has 2 aromatic heterocycles. The molecule has 0 saturated carbocycles. The van der Waals surface area contributed by atoms with Crippen LogP contribution in [0.15, 0.2) is 53.5 Å². The molecule has 1 N–H and O–H groups in total. The van der Waals surface area contributed by atoms with Crippen LogP contribution in [-0.4, -0.2) is 33.1 Å². The average Bonchev–Trinajstić information content (AvgIpc) is 3.22. The number of H-pyrrole nitrogens is 1. The number of aromatic nitrogens is 3. The van der Waals surface area contributed by atoms with E-state index in [2.05, 4.69) is 10.1 Å². The summed E-state index contributed by atoms with van der Waals surface area (Å²) in [5.41, 5.74) is 2.25. The summed E-state index contributed by atoms with van der Waals surface area (Å²) >= 11 is 0. The number of carbonyl (C=O) groups is 2. The highest BCUT2D eigenvalue weighted by Crippen LogP contribution is 2.23. The van der Waals surface area contributed by atoms with Crippen LogP contribution >= 0.6 is 0 Å². The lowest BCUT2D eigenvalue weighted by Gasteiger charge is -2.09. The van der Waals surface area contributed by atoms with Gasteiger partial charge in [-0.25, -0.2) is 9.48 Å². The first-order valence-electron chi connectivity index (χ1n) is 9.84. The van der Waals surface area contributed by atoms with Crippen molar-refractivity contribution in [2.24, 2.45) is 0 Å². The van der Waals surface area contributed by atoms with Crippen LogP contribution in [0.1, 0.15) is 40.3 Å². The maximum atomic E-state index is 12.7. The van der Waals surface area contributed by atoms with E-state index in [0.29, 0.717) is 22.9 Å². The molecule has 0 fully saturated rings. The molecule has 0 bridgehead atoms. The second-order valence-corrected chi connectivity index (χ2v) is 6.91.